The number of hydrazone groups is 1. The molecule has 29 heavy (non-hydrogen) atoms. The topological polar surface area (TPSA) is 90.1 Å². The lowest BCUT2D eigenvalue weighted by Gasteiger charge is -2.07. The van der Waals surface area contributed by atoms with Crippen LogP contribution in [-0.2, 0) is 4.79 Å². The van der Waals surface area contributed by atoms with Crippen LogP contribution in [0.15, 0.2) is 70.4 Å². The lowest BCUT2D eigenvalue weighted by atomic mass is 10.1. The van der Waals surface area contributed by atoms with Crippen molar-refractivity contribution in [3.05, 3.63) is 83.3 Å². The Morgan fingerprint density at radius 1 is 1.07 bits per heavy atom. The summed E-state index contributed by atoms with van der Waals surface area (Å²) in [5.41, 5.74) is 5.13. The van der Waals surface area contributed by atoms with Gasteiger partial charge in [0, 0.05) is 5.56 Å². The van der Waals surface area contributed by atoms with Gasteiger partial charge in [0.2, 0.25) is 5.76 Å². The SMILES string of the molecule is Cc1ccc(OCC(=O)N/N=C\c2ccccc2OC(=O)c2ccco2)cc1C. The third-order valence-corrected chi connectivity index (χ3v) is 4.09. The second kappa shape index (κ2) is 9.36. The lowest BCUT2D eigenvalue weighted by molar-refractivity contribution is -0.123. The summed E-state index contributed by atoms with van der Waals surface area (Å²) in [4.78, 5) is 24.0. The number of nitrogens with zero attached hydrogens (tertiary/aromatic N) is 1. The number of carbonyl (C=O) groups is 2. The van der Waals surface area contributed by atoms with Gasteiger partial charge in [-0.2, -0.15) is 5.10 Å². The average Bonchev–Trinajstić information content (AvgIpc) is 3.25. The number of esters is 1. The van der Waals surface area contributed by atoms with Crippen LogP contribution in [-0.4, -0.2) is 24.7 Å². The molecule has 0 fully saturated rings. The number of hydrogen-bond donors (Lipinski definition) is 1. The number of aryl methyl sites for hydroxylation is 2. The molecule has 1 heterocycles. The third-order valence-electron chi connectivity index (χ3n) is 4.09. The first-order valence-corrected chi connectivity index (χ1v) is 8.89. The molecule has 0 aliphatic heterocycles. The summed E-state index contributed by atoms with van der Waals surface area (Å²) in [7, 11) is 0. The zero-order chi connectivity index (χ0) is 20.6. The first kappa shape index (κ1) is 19.9. The molecule has 0 saturated carbocycles. The van der Waals surface area contributed by atoms with E-state index in [0.29, 0.717) is 17.1 Å². The van der Waals surface area contributed by atoms with E-state index in [-0.39, 0.29) is 12.4 Å². The summed E-state index contributed by atoms with van der Waals surface area (Å²) in [6.45, 7) is 3.81. The Kier molecular flexibility index (Phi) is 6.42. The fourth-order valence-corrected chi connectivity index (χ4v) is 2.38. The second-order valence-corrected chi connectivity index (χ2v) is 6.23. The Morgan fingerprint density at radius 2 is 1.90 bits per heavy atom. The van der Waals surface area contributed by atoms with Gasteiger partial charge >= 0.3 is 5.97 Å². The Bertz CT molecular complexity index is 1030. The van der Waals surface area contributed by atoms with Crippen molar-refractivity contribution in [1.82, 2.24) is 5.43 Å². The van der Waals surface area contributed by atoms with E-state index in [1.54, 1.807) is 30.3 Å². The molecule has 0 aliphatic rings. The highest BCUT2D eigenvalue weighted by Gasteiger charge is 2.13. The van der Waals surface area contributed by atoms with Crippen LogP contribution in [0, 0.1) is 13.8 Å². The molecular formula is C22H20N2O5. The maximum Gasteiger partial charge on any atom is 0.379 e. The fraction of sp³-hybridized carbons (Fsp3) is 0.136. The van der Waals surface area contributed by atoms with Gasteiger partial charge in [0.25, 0.3) is 5.91 Å². The number of hydrogen-bond acceptors (Lipinski definition) is 6. The maximum absolute atomic E-state index is 12.0. The summed E-state index contributed by atoms with van der Waals surface area (Å²) in [6, 6.07) is 15.5. The van der Waals surface area contributed by atoms with Gasteiger partial charge in [-0.25, -0.2) is 10.2 Å². The van der Waals surface area contributed by atoms with Crippen molar-refractivity contribution in [2.45, 2.75) is 13.8 Å². The lowest BCUT2D eigenvalue weighted by Crippen LogP contribution is -2.24. The highest BCUT2D eigenvalue weighted by Crippen LogP contribution is 2.18. The van der Waals surface area contributed by atoms with Crippen LogP contribution in [0.25, 0.3) is 0 Å². The minimum absolute atomic E-state index is 0.0912. The number of benzene rings is 2. The largest absolute Gasteiger partial charge is 0.484 e. The highest BCUT2D eigenvalue weighted by atomic mass is 16.5. The van der Waals surface area contributed by atoms with E-state index in [9.17, 15) is 9.59 Å². The summed E-state index contributed by atoms with van der Waals surface area (Å²) >= 11 is 0. The van der Waals surface area contributed by atoms with Crippen molar-refractivity contribution in [3.8, 4) is 11.5 Å². The van der Waals surface area contributed by atoms with Crippen LogP contribution < -0.4 is 14.9 Å². The van der Waals surface area contributed by atoms with E-state index in [1.807, 2.05) is 32.0 Å². The molecule has 0 bridgehead atoms. The van der Waals surface area contributed by atoms with Crippen molar-refractivity contribution < 1.29 is 23.5 Å². The zero-order valence-corrected chi connectivity index (χ0v) is 16.0. The number of para-hydroxylation sites is 1. The van der Waals surface area contributed by atoms with Crippen molar-refractivity contribution in [1.29, 1.82) is 0 Å². The van der Waals surface area contributed by atoms with Crippen LogP contribution in [0.4, 0.5) is 0 Å². The molecule has 0 saturated heterocycles. The average molecular weight is 392 g/mol. The van der Waals surface area contributed by atoms with Gasteiger partial charge in [-0.15, -0.1) is 0 Å². The summed E-state index contributed by atoms with van der Waals surface area (Å²) in [6.07, 6.45) is 2.78. The number of furan rings is 1. The molecule has 0 spiro atoms. The number of carbonyl (C=O) groups excluding carboxylic acids is 2. The highest BCUT2D eigenvalue weighted by molar-refractivity contribution is 5.91. The van der Waals surface area contributed by atoms with Gasteiger partial charge in [0.15, 0.2) is 6.61 Å². The van der Waals surface area contributed by atoms with Gasteiger partial charge in [-0.05, 0) is 61.4 Å². The Labute approximate surface area is 167 Å². The first-order chi connectivity index (χ1) is 14.0. The predicted octanol–water partition coefficient (Wildman–Crippen LogP) is 3.64. The molecule has 1 N–H and O–H groups in total. The van der Waals surface area contributed by atoms with Crippen LogP contribution in [0.1, 0.15) is 27.2 Å². The van der Waals surface area contributed by atoms with E-state index in [2.05, 4.69) is 10.5 Å². The molecule has 0 radical (unpaired) electrons. The Hall–Kier alpha value is -3.87. The van der Waals surface area contributed by atoms with E-state index in [0.717, 1.165) is 11.1 Å². The molecule has 2 aromatic carbocycles. The monoisotopic (exact) mass is 392 g/mol. The molecule has 0 unspecified atom stereocenters. The number of rotatable bonds is 7. The van der Waals surface area contributed by atoms with Crippen molar-refractivity contribution in [2.75, 3.05) is 6.61 Å². The maximum atomic E-state index is 12.0. The van der Waals surface area contributed by atoms with Gasteiger partial charge in [-0.1, -0.05) is 18.2 Å². The van der Waals surface area contributed by atoms with Crippen LogP contribution in [0.2, 0.25) is 0 Å². The minimum Gasteiger partial charge on any atom is -0.484 e. The van der Waals surface area contributed by atoms with Crippen molar-refractivity contribution >= 4 is 18.1 Å². The predicted molar refractivity (Wildman–Crippen MR) is 107 cm³/mol. The smallest absolute Gasteiger partial charge is 0.379 e. The molecule has 148 valence electrons. The standard InChI is InChI=1S/C22H20N2O5/c1-15-9-10-18(12-16(15)2)28-14-21(25)24-23-13-17-6-3-4-7-19(17)29-22(26)20-8-5-11-27-20/h3-13H,14H2,1-2H3,(H,24,25)/b23-13-. The minimum atomic E-state index is -0.623. The molecule has 7 nitrogen and oxygen atoms in total. The first-order valence-electron chi connectivity index (χ1n) is 8.89. The Morgan fingerprint density at radius 3 is 2.66 bits per heavy atom. The van der Waals surface area contributed by atoms with Crippen LogP contribution >= 0.6 is 0 Å². The van der Waals surface area contributed by atoms with Crippen molar-refractivity contribution in [3.63, 3.8) is 0 Å². The Balaban J connectivity index is 1.55. The van der Waals surface area contributed by atoms with Gasteiger partial charge < -0.3 is 13.9 Å². The normalized spacial score (nSPS) is 10.7. The van der Waals surface area contributed by atoms with Gasteiger partial charge in [0.1, 0.15) is 11.5 Å². The van der Waals surface area contributed by atoms with Gasteiger partial charge in [0.05, 0.1) is 12.5 Å². The van der Waals surface area contributed by atoms with Crippen molar-refractivity contribution in [2.24, 2.45) is 5.10 Å². The number of amides is 1. The molecular weight excluding hydrogens is 372 g/mol. The van der Waals surface area contributed by atoms with E-state index >= 15 is 0 Å². The van der Waals surface area contributed by atoms with E-state index in [1.165, 1.54) is 18.5 Å². The van der Waals surface area contributed by atoms with E-state index in [4.69, 9.17) is 13.9 Å². The molecule has 3 rings (SSSR count). The molecule has 3 aromatic rings. The molecule has 1 aromatic heterocycles. The number of nitrogens with one attached hydrogen (secondary N) is 1. The molecule has 0 aliphatic carbocycles. The van der Waals surface area contributed by atoms with Gasteiger partial charge in [-0.3, -0.25) is 4.79 Å². The third kappa shape index (κ3) is 5.55. The molecule has 0 atom stereocenters. The van der Waals surface area contributed by atoms with E-state index < -0.39 is 11.9 Å². The number of ether oxygens (including phenoxy) is 2. The molecule has 7 heteroatoms. The zero-order valence-electron chi connectivity index (χ0n) is 16.0. The molecule has 1 amide bonds. The fourth-order valence-electron chi connectivity index (χ4n) is 2.38. The summed E-state index contributed by atoms with van der Waals surface area (Å²) in [5.74, 6) is -0.0413. The second-order valence-electron chi connectivity index (χ2n) is 6.23. The summed E-state index contributed by atoms with van der Waals surface area (Å²) < 4.78 is 15.8. The quantitative estimate of drug-likeness (QED) is 0.287. The van der Waals surface area contributed by atoms with Crippen LogP contribution in [0.5, 0.6) is 11.5 Å². The van der Waals surface area contributed by atoms with Crippen LogP contribution in [0.3, 0.4) is 0 Å². The summed E-state index contributed by atoms with van der Waals surface area (Å²) in [5, 5.41) is 3.90.